The smallest absolute Gasteiger partial charge is 0.213 e. The van der Waals surface area contributed by atoms with Crippen LogP contribution in [0.15, 0.2) is 4.99 Å². The summed E-state index contributed by atoms with van der Waals surface area (Å²) in [5.74, 6) is 1.13. The summed E-state index contributed by atoms with van der Waals surface area (Å²) in [6.45, 7) is 5.50. The molecule has 2 fully saturated rings. The maximum absolute atomic E-state index is 12.1. The molecule has 152 valence electrons. The van der Waals surface area contributed by atoms with Gasteiger partial charge >= 0.3 is 0 Å². The van der Waals surface area contributed by atoms with Gasteiger partial charge in [-0.3, -0.25) is 4.99 Å². The summed E-state index contributed by atoms with van der Waals surface area (Å²) < 4.78 is 32.3. The van der Waals surface area contributed by atoms with Crippen LogP contribution in [0.2, 0.25) is 0 Å². The molecule has 1 aliphatic carbocycles. The molecule has 1 aliphatic heterocycles. The van der Waals surface area contributed by atoms with Gasteiger partial charge in [0.25, 0.3) is 0 Å². The van der Waals surface area contributed by atoms with Crippen molar-refractivity contribution in [1.82, 2.24) is 15.4 Å². The van der Waals surface area contributed by atoms with Gasteiger partial charge in [0, 0.05) is 38.3 Å². The third-order valence-corrected chi connectivity index (χ3v) is 6.57. The first-order valence-electron chi connectivity index (χ1n) is 9.67. The van der Waals surface area contributed by atoms with E-state index in [1.807, 2.05) is 6.92 Å². The lowest BCUT2D eigenvalue weighted by molar-refractivity contribution is 0.131. The quantitative estimate of drug-likeness (QED) is 0.293. The fourth-order valence-electron chi connectivity index (χ4n) is 3.19. The van der Waals surface area contributed by atoms with Crippen LogP contribution in [0, 0.1) is 11.3 Å². The number of guanidine groups is 1. The Labute approximate surface area is 157 Å². The Morgan fingerprint density at radius 2 is 2.15 bits per heavy atom. The van der Waals surface area contributed by atoms with Crippen LogP contribution >= 0.6 is 0 Å². The van der Waals surface area contributed by atoms with Crippen LogP contribution in [0.25, 0.3) is 0 Å². The monoisotopic (exact) mass is 390 g/mol. The van der Waals surface area contributed by atoms with E-state index in [2.05, 4.69) is 20.3 Å². The fraction of sp³-hybridized carbons (Fsp3) is 0.941. The first-order chi connectivity index (χ1) is 12.5. The van der Waals surface area contributed by atoms with Gasteiger partial charge < -0.3 is 20.5 Å². The van der Waals surface area contributed by atoms with E-state index in [-0.39, 0.29) is 17.8 Å². The van der Waals surface area contributed by atoms with Gasteiger partial charge in [0.15, 0.2) is 5.96 Å². The topological polar surface area (TPSA) is 112 Å². The van der Waals surface area contributed by atoms with Gasteiger partial charge in [0.1, 0.15) is 0 Å². The Bertz CT molecular complexity index is 543. The molecule has 0 aromatic carbocycles. The molecule has 1 saturated heterocycles. The Balaban J connectivity index is 1.78. The van der Waals surface area contributed by atoms with Crippen LogP contribution in [0.1, 0.15) is 39.0 Å². The molecule has 8 nitrogen and oxygen atoms in total. The van der Waals surface area contributed by atoms with Crippen molar-refractivity contribution in [1.29, 1.82) is 0 Å². The zero-order chi connectivity index (χ0) is 18.9. The van der Waals surface area contributed by atoms with Crippen molar-refractivity contribution in [3.63, 3.8) is 0 Å². The molecular weight excluding hydrogens is 356 g/mol. The molecule has 0 aromatic rings. The SMILES string of the molecule is CCNC(=NCC1(CCO)CCOC1)NCCS(=O)(=O)NCC1CCC1. The molecule has 2 rings (SSSR count). The van der Waals surface area contributed by atoms with Crippen molar-refractivity contribution >= 4 is 16.0 Å². The fourth-order valence-corrected chi connectivity index (χ4v) is 4.20. The van der Waals surface area contributed by atoms with E-state index in [0.29, 0.717) is 57.7 Å². The normalized spacial score (nSPS) is 24.5. The van der Waals surface area contributed by atoms with Gasteiger partial charge in [0.2, 0.25) is 10.0 Å². The summed E-state index contributed by atoms with van der Waals surface area (Å²) in [5.41, 5.74) is -0.118. The third-order valence-electron chi connectivity index (χ3n) is 5.22. The second-order valence-corrected chi connectivity index (χ2v) is 9.29. The van der Waals surface area contributed by atoms with Crippen molar-refractivity contribution in [3.8, 4) is 0 Å². The molecule has 4 N–H and O–H groups in total. The molecule has 0 radical (unpaired) electrons. The highest BCUT2D eigenvalue weighted by Gasteiger charge is 2.34. The predicted molar refractivity (Wildman–Crippen MR) is 103 cm³/mol. The van der Waals surface area contributed by atoms with Crippen LogP contribution in [0.5, 0.6) is 0 Å². The number of rotatable bonds is 11. The van der Waals surface area contributed by atoms with Gasteiger partial charge in [0.05, 0.1) is 18.9 Å². The number of aliphatic hydroxyl groups excluding tert-OH is 1. The summed E-state index contributed by atoms with van der Waals surface area (Å²) in [4.78, 5) is 4.59. The van der Waals surface area contributed by atoms with Crippen LogP contribution < -0.4 is 15.4 Å². The van der Waals surface area contributed by atoms with E-state index >= 15 is 0 Å². The second kappa shape index (κ2) is 10.4. The van der Waals surface area contributed by atoms with Gasteiger partial charge in [-0.05, 0) is 38.5 Å². The lowest BCUT2D eigenvalue weighted by Crippen LogP contribution is -2.42. The lowest BCUT2D eigenvalue weighted by Gasteiger charge is -2.25. The van der Waals surface area contributed by atoms with Crippen LogP contribution in [-0.4, -0.2) is 71.2 Å². The average Bonchev–Trinajstić information content (AvgIpc) is 3.00. The zero-order valence-electron chi connectivity index (χ0n) is 15.8. The van der Waals surface area contributed by atoms with E-state index in [9.17, 15) is 13.5 Å². The van der Waals surface area contributed by atoms with Crippen molar-refractivity contribution in [2.75, 3.05) is 51.8 Å². The molecule has 1 atom stereocenters. The highest BCUT2D eigenvalue weighted by atomic mass is 32.2. The minimum Gasteiger partial charge on any atom is -0.396 e. The van der Waals surface area contributed by atoms with Gasteiger partial charge in [-0.25, -0.2) is 13.1 Å². The van der Waals surface area contributed by atoms with E-state index in [1.54, 1.807) is 0 Å². The van der Waals surface area contributed by atoms with E-state index < -0.39 is 10.0 Å². The molecule has 0 spiro atoms. The maximum atomic E-state index is 12.1. The molecule has 0 bridgehead atoms. The summed E-state index contributed by atoms with van der Waals surface area (Å²) in [6.07, 6.45) is 5.00. The average molecular weight is 391 g/mol. The van der Waals surface area contributed by atoms with E-state index in [0.717, 1.165) is 19.3 Å². The number of aliphatic imine (C=N–C) groups is 1. The number of hydrogen-bond donors (Lipinski definition) is 4. The van der Waals surface area contributed by atoms with E-state index in [1.165, 1.54) is 6.42 Å². The molecule has 1 saturated carbocycles. The Kier molecular flexibility index (Phi) is 8.59. The molecule has 0 amide bonds. The summed E-state index contributed by atoms with van der Waals surface area (Å²) >= 11 is 0. The summed E-state index contributed by atoms with van der Waals surface area (Å²) in [5, 5.41) is 15.5. The highest BCUT2D eigenvalue weighted by Crippen LogP contribution is 2.32. The Morgan fingerprint density at radius 3 is 2.73 bits per heavy atom. The number of sulfonamides is 1. The molecule has 26 heavy (non-hydrogen) atoms. The molecule has 1 unspecified atom stereocenters. The maximum Gasteiger partial charge on any atom is 0.213 e. The van der Waals surface area contributed by atoms with Gasteiger partial charge in [-0.1, -0.05) is 6.42 Å². The van der Waals surface area contributed by atoms with Crippen LogP contribution in [-0.2, 0) is 14.8 Å². The molecule has 2 aliphatic rings. The summed E-state index contributed by atoms with van der Waals surface area (Å²) in [6, 6.07) is 0. The minimum atomic E-state index is -3.26. The number of ether oxygens (including phenoxy) is 1. The standard InChI is InChI=1S/C17H34N4O4S/c1-2-18-16(20-13-17(6-9-22)7-10-25-14-17)19-8-11-26(23,24)21-12-15-4-3-5-15/h15,21-22H,2-14H2,1H3,(H2,18,19,20). The highest BCUT2D eigenvalue weighted by molar-refractivity contribution is 7.89. The zero-order valence-corrected chi connectivity index (χ0v) is 16.6. The van der Waals surface area contributed by atoms with Crippen molar-refractivity contribution in [3.05, 3.63) is 0 Å². The van der Waals surface area contributed by atoms with Crippen molar-refractivity contribution in [2.24, 2.45) is 16.3 Å². The number of hydrogen-bond acceptors (Lipinski definition) is 5. The van der Waals surface area contributed by atoms with Crippen molar-refractivity contribution < 1.29 is 18.3 Å². The Hall–Kier alpha value is -0.900. The van der Waals surface area contributed by atoms with Crippen LogP contribution in [0.4, 0.5) is 0 Å². The molecule has 9 heteroatoms. The number of nitrogens with one attached hydrogen (secondary N) is 3. The molecular formula is C17H34N4O4S. The third kappa shape index (κ3) is 7.02. The first-order valence-corrected chi connectivity index (χ1v) is 11.3. The first kappa shape index (κ1) is 21.4. The number of nitrogens with zero attached hydrogens (tertiary/aromatic N) is 1. The van der Waals surface area contributed by atoms with Gasteiger partial charge in [-0.15, -0.1) is 0 Å². The van der Waals surface area contributed by atoms with E-state index in [4.69, 9.17) is 4.74 Å². The lowest BCUT2D eigenvalue weighted by atomic mass is 9.84. The molecule has 0 aromatic heterocycles. The Morgan fingerprint density at radius 1 is 1.35 bits per heavy atom. The van der Waals surface area contributed by atoms with Gasteiger partial charge in [-0.2, -0.15) is 0 Å². The molecule has 1 heterocycles. The largest absolute Gasteiger partial charge is 0.396 e. The minimum absolute atomic E-state index is 0.0228. The summed E-state index contributed by atoms with van der Waals surface area (Å²) in [7, 11) is -3.26. The van der Waals surface area contributed by atoms with Crippen LogP contribution in [0.3, 0.4) is 0 Å². The second-order valence-electron chi connectivity index (χ2n) is 7.36. The number of aliphatic hydroxyl groups is 1. The predicted octanol–water partition coefficient (Wildman–Crippen LogP) is 0.0501. The van der Waals surface area contributed by atoms with Crippen molar-refractivity contribution in [2.45, 2.75) is 39.0 Å².